The van der Waals surface area contributed by atoms with Gasteiger partial charge in [0.25, 0.3) is 0 Å². The van der Waals surface area contributed by atoms with Gasteiger partial charge in [0, 0.05) is 0 Å². The van der Waals surface area contributed by atoms with Crippen molar-refractivity contribution in [2.24, 2.45) is 0 Å². The van der Waals surface area contributed by atoms with E-state index in [0.717, 1.165) is 22.8 Å². The van der Waals surface area contributed by atoms with Gasteiger partial charge in [-0.15, -0.1) is 5.10 Å². The first-order valence-corrected chi connectivity index (χ1v) is 5.78. The molecule has 1 N–H and O–H groups in total. The normalized spacial score (nSPS) is 12.4. The van der Waals surface area contributed by atoms with Crippen molar-refractivity contribution in [3.63, 3.8) is 0 Å². The zero-order valence-electron chi connectivity index (χ0n) is 11.0. The van der Waals surface area contributed by atoms with Crippen LogP contribution in [0.25, 0.3) is 5.69 Å². The van der Waals surface area contributed by atoms with Gasteiger partial charge in [-0.05, 0) is 49.0 Å². The molecule has 1 unspecified atom stereocenters. The molecule has 18 heavy (non-hydrogen) atoms. The molecule has 1 aromatic heterocycles. The molecule has 0 aliphatic carbocycles. The van der Waals surface area contributed by atoms with Crippen LogP contribution in [0.1, 0.15) is 24.4 Å². The van der Waals surface area contributed by atoms with Crippen molar-refractivity contribution < 1.29 is 4.74 Å². The van der Waals surface area contributed by atoms with Crippen LogP contribution in [0, 0.1) is 6.92 Å². The molecule has 0 bridgehead atoms. The number of ether oxygens (including phenoxy) is 1. The van der Waals surface area contributed by atoms with Crippen molar-refractivity contribution in [1.29, 1.82) is 0 Å². The lowest BCUT2D eigenvalue weighted by Gasteiger charge is -2.13. The molecular formula is C12H17N5O. The van der Waals surface area contributed by atoms with Crippen LogP contribution in [0.4, 0.5) is 0 Å². The molecule has 0 radical (unpaired) electrons. The molecule has 2 aromatic rings. The lowest BCUT2D eigenvalue weighted by Crippen LogP contribution is -2.18. The number of methoxy groups -OCH3 is 1. The predicted octanol–water partition coefficient (Wildman–Crippen LogP) is 1.26. The third kappa shape index (κ3) is 2.19. The van der Waals surface area contributed by atoms with Gasteiger partial charge in [-0.25, -0.2) is 0 Å². The van der Waals surface area contributed by atoms with E-state index in [1.54, 1.807) is 11.8 Å². The Morgan fingerprint density at radius 2 is 2.17 bits per heavy atom. The topological polar surface area (TPSA) is 64.9 Å². The zero-order valence-corrected chi connectivity index (χ0v) is 11.0. The molecule has 0 fully saturated rings. The van der Waals surface area contributed by atoms with Gasteiger partial charge in [0.05, 0.1) is 13.2 Å². The molecule has 0 saturated carbocycles. The van der Waals surface area contributed by atoms with Crippen molar-refractivity contribution in [3.8, 4) is 11.4 Å². The predicted molar refractivity (Wildman–Crippen MR) is 67.9 cm³/mol. The number of hydrogen-bond acceptors (Lipinski definition) is 5. The molecule has 1 aromatic carbocycles. The third-order valence-corrected chi connectivity index (χ3v) is 2.88. The minimum atomic E-state index is 0.0604. The largest absolute Gasteiger partial charge is 0.494 e. The molecule has 1 heterocycles. The quantitative estimate of drug-likeness (QED) is 0.881. The first-order chi connectivity index (χ1) is 8.67. The summed E-state index contributed by atoms with van der Waals surface area (Å²) in [4.78, 5) is 0. The molecular weight excluding hydrogens is 230 g/mol. The fraction of sp³-hybridized carbons (Fsp3) is 0.417. The van der Waals surface area contributed by atoms with Crippen molar-refractivity contribution in [2.45, 2.75) is 19.9 Å². The summed E-state index contributed by atoms with van der Waals surface area (Å²) in [6.45, 7) is 4.03. The Labute approximate surface area is 106 Å². The maximum atomic E-state index is 5.36. The van der Waals surface area contributed by atoms with E-state index in [4.69, 9.17) is 4.74 Å². The molecule has 96 valence electrons. The van der Waals surface area contributed by atoms with Gasteiger partial charge in [-0.2, -0.15) is 4.68 Å². The molecule has 0 aliphatic heterocycles. The van der Waals surface area contributed by atoms with Crippen molar-refractivity contribution >= 4 is 0 Å². The van der Waals surface area contributed by atoms with E-state index in [1.807, 2.05) is 39.1 Å². The van der Waals surface area contributed by atoms with E-state index in [2.05, 4.69) is 20.8 Å². The summed E-state index contributed by atoms with van der Waals surface area (Å²) in [6, 6.07) is 5.97. The second-order valence-corrected chi connectivity index (χ2v) is 4.13. The second kappa shape index (κ2) is 5.14. The summed E-state index contributed by atoms with van der Waals surface area (Å²) in [5.41, 5.74) is 1.98. The second-order valence-electron chi connectivity index (χ2n) is 4.13. The first-order valence-electron chi connectivity index (χ1n) is 5.78. The van der Waals surface area contributed by atoms with Gasteiger partial charge >= 0.3 is 0 Å². The Morgan fingerprint density at radius 1 is 1.39 bits per heavy atom. The van der Waals surface area contributed by atoms with Gasteiger partial charge in [-0.3, -0.25) is 0 Å². The van der Waals surface area contributed by atoms with E-state index in [1.165, 1.54) is 0 Å². The highest BCUT2D eigenvalue weighted by Gasteiger charge is 2.16. The smallest absolute Gasteiger partial charge is 0.173 e. The number of hydrogen-bond donors (Lipinski definition) is 1. The summed E-state index contributed by atoms with van der Waals surface area (Å²) in [5.74, 6) is 1.50. The SMILES string of the molecule is CNC(C)c1nnnn1-c1cc(C)ccc1OC. The molecule has 1 atom stereocenters. The van der Waals surface area contributed by atoms with Crippen molar-refractivity contribution in [1.82, 2.24) is 25.5 Å². The van der Waals surface area contributed by atoms with Gasteiger partial charge in [-0.1, -0.05) is 6.07 Å². The number of nitrogens with one attached hydrogen (secondary N) is 1. The molecule has 0 saturated heterocycles. The Kier molecular flexibility index (Phi) is 3.57. The van der Waals surface area contributed by atoms with E-state index < -0.39 is 0 Å². The van der Waals surface area contributed by atoms with E-state index in [-0.39, 0.29) is 6.04 Å². The maximum absolute atomic E-state index is 5.36. The van der Waals surface area contributed by atoms with Gasteiger partial charge in [0.15, 0.2) is 5.82 Å². The molecule has 0 aliphatic rings. The highest BCUT2D eigenvalue weighted by Crippen LogP contribution is 2.25. The average molecular weight is 247 g/mol. The Balaban J connectivity index is 2.55. The van der Waals surface area contributed by atoms with Crippen LogP contribution >= 0.6 is 0 Å². The molecule has 2 rings (SSSR count). The summed E-state index contributed by atoms with van der Waals surface area (Å²) in [5, 5.41) is 15.0. The number of aryl methyl sites for hydroxylation is 1. The zero-order chi connectivity index (χ0) is 13.1. The Hall–Kier alpha value is -1.95. The number of nitrogens with zero attached hydrogens (tertiary/aromatic N) is 4. The minimum absolute atomic E-state index is 0.0604. The number of rotatable bonds is 4. The summed E-state index contributed by atoms with van der Waals surface area (Å²) >= 11 is 0. The van der Waals surface area contributed by atoms with Crippen LogP contribution in [-0.4, -0.2) is 34.4 Å². The summed E-state index contributed by atoms with van der Waals surface area (Å²) < 4.78 is 7.06. The molecule has 6 nitrogen and oxygen atoms in total. The van der Waals surface area contributed by atoms with Crippen LogP contribution in [0.3, 0.4) is 0 Å². The third-order valence-electron chi connectivity index (χ3n) is 2.88. The van der Waals surface area contributed by atoms with E-state index >= 15 is 0 Å². The number of aromatic nitrogens is 4. The van der Waals surface area contributed by atoms with E-state index in [0.29, 0.717) is 0 Å². The summed E-state index contributed by atoms with van der Waals surface area (Å²) in [7, 11) is 3.51. The number of benzene rings is 1. The van der Waals surface area contributed by atoms with Crippen LogP contribution in [0.2, 0.25) is 0 Å². The van der Waals surface area contributed by atoms with Crippen molar-refractivity contribution in [2.75, 3.05) is 14.2 Å². The number of tetrazole rings is 1. The van der Waals surface area contributed by atoms with Gasteiger partial charge in [0.2, 0.25) is 0 Å². The van der Waals surface area contributed by atoms with Crippen LogP contribution in [-0.2, 0) is 0 Å². The Morgan fingerprint density at radius 3 is 2.83 bits per heavy atom. The highest BCUT2D eigenvalue weighted by atomic mass is 16.5. The lowest BCUT2D eigenvalue weighted by atomic mass is 10.2. The van der Waals surface area contributed by atoms with Gasteiger partial charge in [0.1, 0.15) is 11.4 Å². The standard InChI is InChI=1S/C12H17N5O/c1-8-5-6-11(18-4)10(7-8)17-12(9(2)13-3)14-15-16-17/h5-7,9,13H,1-4H3. The minimum Gasteiger partial charge on any atom is -0.494 e. The average Bonchev–Trinajstić information content (AvgIpc) is 2.86. The highest BCUT2D eigenvalue weighted by molar-refractivity contribution is 5.48. The maximum Gasteiger partial charge on any atom is 0.173 e. The van der Waals surface area contributed by atoms with Gasteiger partial charge < -0.3 is 10.1 Å². The molecule has 0 amide bonds. The lowest BCUT2D eigenvalue weighted by molar-refractivity contribution is 0.410. The first kappa shape index (κ1) is 12.5. The van der Waals surface area contributed by atoms with Crippen molar-refractivity contribution in [3.05, 3.63) is 29.6 Å². The molecule has 0 spiro atoms. The molecule has 6 heteroatoms. The van der Waals surface area contributed by atoms with Crippen LogP contribution in [0.5, 0.6) is 5.75 Å². The monoisotopic (exact) mass is 247 g/mol. The van der Waals surface area contributed by atoms with E-state index in [9.17, 15) is 0 Å². The van der Waals surface area contributed by atoms with Crippen LogP contribution in [0.15, 0.2) is 18.2 Å². The fourth-order valence-electron chi connectivity index (χ4n) is 1.73. The van der Waals surface area contributed by atoms with Crippen LogP contribution < -0.4 is 10.1 Å². The summed E-state index contributed by atoms with van der Waals surface area (Å²) in [6.07, 6.45) is 0. The Bertz CT molecular complexity index is 537. The fourth-order valence-corrected chi connectivity index (χ4v) is 1.73.